The summed E-state index contributed by atoms with van der Waals surface area (Å²) in [5.41, 5.74) is 0.921. The Hall–Kier alpha value is -1.66. The molecule has 0 spiro atoms. The average Bonchev–Trinajstić information content (AvgIpc) is 2.39. The van der Waals surface area contributed by atoms with Crippen LogP contribution < -0.4 is 15.4 Å². The van der Waals surface area contributed by atoms with Gasteiger partial charge in [-0.25, -0.2) is 4.98 Å². The zero-order valence-electron chi connectivity index (χ0n) is 10.7. The number of hydrogen-bond acceptors (Lipinski definition) is 5. The van der Waals surface area contributed by atoms with Crippen LogP contribution in [0.4, 0.5) is 0 Å². The second-order valence-electron chi connectivity index (χ2n) is 3.62. The SMILES string of the molecule is COCCNC(=O)CNCc1cccnc1OC. The lowest BCUT2D eigenvalue weighted by Gasteiger charge is -2.08. The van der Waals surface area contributed by atoms with Gasteiger partial charge in [-0.3, -0.25) is 4.79 Å². The first kappa shape index (κ1) is 14.4. The van der Waals surface area contributed by atoms with Gasteiger partial charge in [-0.2, -0.15) is 0 Å². The summed E-state index contributed by atoms with van der Waals surface area (Å²) in [7, 11) is 3.17. The number of methoxy groups -OCH3 is 2. The summed E-state index contributed by atoms with van der Waals surface area (Å²) in [5, 5.41) is 5.76. The number of rotatable bonds is 8. The Morgan fingerprint density at radius 1 is 1.44 bits per heavy atom. The van der Waals surface area contributed by atoms with Crippen molar-refractivity contribution in [3.8, 4) is 5.88 Å². The summed E-state index contributed by atoms with van der Waals surface area (Å²) in [5.74, 6) is 0.514. The molecule has 0 aliphatic carbocycles. The minimum absolute atomic E-state index is 0.0603. The molecule has 0 saturated carbocycles. The summed E-state index contributed by atoms with van der Waals surface area (Å²) in [4.78, 5) is 15.5. The highest BCUT2D eigenvalue weighted by molar-refractivity contribution is 5.77. The highest BCUT2D eigenvalue weighted by Crippen LogP contribution is 2.12. The van der Waals surface area contributed by atoms with E-state index in [0.717, 1.165) is 5.56 Å². The first-order valence-electron chi connectivity index (χ1n) is 5.72. The lowest BCUT2D eigenvalue weighted by molar-refractivity contribution is -0.120. The topological polar surface area (TPSA) is 72.5 Å². The van der Waals surface area contributed by atoms with Gasteiger partial charge < -0.3 is 20.1 Å². The van der Waals surface area contributed by atoms with Crippen molar-refractivity contribution >= 4 is 5.91 Å². The van der Waals surface area contributed by atoms with E-state index >= 15 is 0 Å². The number of carbonyl (C=O) groups is 1. The zero-order chi connectivity index (χ0) is 13.2. The molecule has 0 atom stereocenters. The van der Waals surface area contributed by atoms with Gasteiger partial charge in [0.25, 0.3) is 0 Å². The predicted octanol–water partition coefficient (Wildman–Crippen LogP) is -0.0576. The molecule has 1 heterocycles. The predicted molar refractivity (Wildman–Crippen MR) is 67.4 cm³/mol. The average molecular weight is 253 g/mol. The summed E-state index contributed by atoms with van der Waals surface area (Å²) >= 11 is 0. The van der Waals surface area contributed by atoms with Gasteiger partial charge in [-0.05, 0) is 6.07 Å². The molecule has 0 unspecified atom stereocenters. The molecule has 1 aromatic heterocycles. The zero-order valence-corrected chi connectivity index (χ0v) is 10.7. The van der Waals surface area contributed by atoms with Crippen LogP contribution in [0.25, 0.3) is 0 Å². The van der Waals surface area contributed by atoms with Crippen LogP contribution in [0.1, 0.15) is 5.56 Å². The molecule has 1 rings (SSSR count). The first-order valence-corrected chi connectivity index (χ1v) is 5.72. The van der Waals surface area contributed by atoms with Crippen LogP contribution in [0.2, 0.25) is 0 Å². The van der Waals surface area contributed by atoms with Crippen LogP contribution in [0, 0.1) is 0 Å². The third kappa shape index (κ3) is 5.11. The molecular formula is C12H19N3O3. The van der Waals surface area contributed by atoms with E-state index in [1.807, 2.05) is 12.1 Å². The van der Waals surface area contributed by atoms with E-state index in [2.05, 4.69) is 15.6 Å². The maximum atomic E-state index is 11.4. The smallest absolute Gasteiger partial charge is 0.234 e. The maximum absolute atomic E-state index is 11.4. The molecule has 0 bridgehead atoms. The monoisotopic (exact) mass is 253 g/mol. The minimum Gasteiger partial charge on any atom is -0.481 e. The summed E-state index contributed by atoms with van der Waals surface area (Å²) in [6, 6.07) is 3.74. The number of hydrogen-bond donors (Lipinski definition) is 2. The quantitative estimate of drug-likeness (QED) is 0.635. The van der Waals surface area contributed by atoms with E-state index in [4.69, 9.17) is 9.47 Å². The van der Waals surface area contributed by atoms with Gasteiger partial charge in [0.05, 0.1) is 20.3 Å². The van der Waals surface area contributed by atoms with Crippen LogP contribution in [0.15, 0.2) is 18.3 Å². The summed E-state index contributed by atoms with van der Waals surface area (Å²) in [6.07, 6.45) is 1.67. The molecule has 6 nitrogen and oxygen atoms in total. The molecule has 0 aliphatic heterocycles. The van der Waals surface area contributed by atoms with E-state index < -0.39 is 0 Å². The van der Waals surface area contributed by atoms with Crippen molar-refractivity contribution < 1.29 is 14.3 Å². The van der Waals surface area contributed by atoms with Crippen LogP contribution in [0.3, 0.4) is 0 Å². The molecule has 0 aliphatic rings. The number of nitrogens with zero attached hydrogens (tertiary/aromatic N) is 1. The van der Waals surface area contributed by atoms with E-state index in [1.165, 1.54) is 0 Å². The van der Waals surface area contributed by atoms with E-state index in [1.54, 1.807) is 20.4 Å². The molecule has 0 radical (unpaired) electrons. The lowest BCUT2D eigenvalue weighted by atomic mass is 10.2. The highest BCUT2D eigenvalue weighted by atomic mass is 16.5. The second kappa shape index (κ2) is 8.43. The fourth-order valence-corrected chi connectivity index (χ4v) is 1.41. The van der Waals surface area contributed by atoms with Crippen molar-refractivity contribution in [2.45, 2.75) is 6.54 Å². The van der Waals surface area contributed by atoms with Gasteiger partial charge in [-0.1, -0.05) is 6.07 Å². The van der Waals surface area contributed by atoms with Crippen molar-refractivity contribution in [2.24, 2.45) is 0 Å². The van der Waals surface area contributed by atoms with Gasteiger partial charge in [0.1, 0.15) is 0 Å². The summed E-state index contributed by atoms with van der Waals surface area (Å²) < 4.78 is 9.95. The van der Waals surface area contributed by atoms with E-state index in [0.29, 0.717) is 25.6 Å². The number of aromatic nitrogens is 1. The van der Waals surface area contributed by atoms with Crippen molar-refractivity contribution in [2.75, 3.05) is 33.9 Å². The third-order valence-electron chi connectivity index (χ3n) is 2.27. The van der Waals surface area contributed by atoms with Gasteiger partial charge in [0, 0.05) is 32.0 Å². The van der Waals surface area contributed by atoms with Crippen LogP contribution in [-0.2, 0) is 16.1 Å². The van der Waals surface area contributed by atoms with Crippen molar-refractivity contribution in [1.82, 2.24) is 15.6 Å². The molecule has 2 N–H and O–H groups in total. The van der Waals surface area contributed by atoms with E-state index in [-0.39, 0.29) is 12.5 Å². The highest BCUT2D eigenvalue weighted by Gasteiger charge is 2.04. The third-order valence-corrected chi connectivity index (χ3v) is 2.27. The van der Waals surface area contributed by atoms with Crippen LogP contribution in [-0.4, -0.2) is 44.8 Å². The molecule has 18 heavy (non-hydrogen) atoms. The standard InChI is InChI=1S/C12H19N3O3/c1-17-7-6-14-11(16)9-13-8-10-4-3-5-15-12(10)18-2/h3-5,13H,6-9H2,1-2H3,(H,14,16). The van der Waals surface area contributed by atoms with Crippen molar-refractivity contribution in [3.05, 3.63) is 23.9 Å². The molecular weight excluding hydrogens is 234 g/mol. The first-order chi connectivity index (χ1) is 8.77. The minimum atomic E-state index is -0.0603. The molecule has 6 heteroatoms. The number of pyridine rings is 1. The Bertz CT molecular complexity index is 371. The largest absolute Gasteiger partial charge is 0.481 e. The van der Waals surface area contributed by atoms with Gasteiger partial charge in [0.15, 0.2) is 0 Å². The Balaban J connectivity index is 2.26. The molecule has 0 saturated heterocycles. The van der Waals surface area contributed by atoms with Gasteiger partial charge in [0.2, 0.25) is 11.8 Å². The maximum Gasteiger partial charge on any atom is 0.234 e. The Morgan fingerprint density at radius 2 is 2.28 bits per heavy atom. The molecule has 0 fully saturated rings. The number of nitrogens with one attached hydrogen (secondary N) is 2. The van der Waals surface area contributed by atoms with E-state index in [9.17, 15) is 4.79 Å². The van der Waals surface area contributed by atoms with Gasteiger partial charge in [-0.15, -0.1) is 0 Å². The lowest BCUT2D eigenvalue weighted by Crippen LogP contribution is -2.35. The van der Waals surface area contributed by atoms with Crippen molar-refractivity contribution in [1.29, 1.82) is 0 Å². The fourth-order valence-electron chi connectivity index (χ4n) is 1.41. The second-order valence-corrected chi connectivity index (χ2v) is 3.62. The number of ether oxygens (including phenoxy) is 2. The number of amides is 1. The number of carbonyl (C=O) groups excluding carboxylic acids is 1. The molecule has 0 aromatic carbocycles. The Labute approximate surface area is 107 Å². The fraction of sp³-hybridized carbons (Fsp3) is 0.500. The van der Waals surface area contributed by atoms with Crippen LogP contribution in [0.5, 0.6) is 5.88 Å². The molecule has 1 amide bonds. The summed E-state index contributed by atoms with van der Waals surface area (Å²) in [6.45, 7) is 1.83. The van der Waals surface area contributed by atoms with Crippen LogP contribution >= 0.6 is 0 Å². The molecule has 1 aromatic rings. The molecule has 100 valence electrons. The Morgan fingerprint density at radius 3 is 3.00 bits per heavy atom. The van der Waals surface area contributed by atoms with Gasteiger partial charge >= 0.3 is 0 Å². The Kier molecular flexibility index (Phi) is 6.75. The normalized spacial score (nSPS) is 10.1. The van der Waals surface area contributed by atoms with Crippen molar-refractivity contribution in [3.63, 3.8) is 0 Å².